The molecule has 0 unspecified atom stereocenters. The van der Waals surface area contributed by atoms with Crippen LogP contribution >= 0.6 is 11.6 Å². The van der Waals surface area contributed by atoms with Crippen LogP contribution in [0.25, 0.3) is 0 Å². The minimum atomic E-state index is -0.508. The van der Waals surface area contributed by atoms with Crippen LogP contribution in [0.3, 0.4) is 0 Å². The van der Waals surface area contributed by atoms with Gasteiger partial charge in [0.15, 0.2) is 6.61 Å². The molecule has 1 amide bonds. The molecule has 0 aromatic heterocycles. The Morgan fingerprint density at radius 3 is 2.31 bits per heavy atom. The lowest BCUT2D eigenvalue weighted by Crippen LogP contribution is -2.31. The van der Waals surface area contributed by atoms with Crippen LogP contribution < -0.4 is 5.32 Å². The highest BCUT2D eigenvalue weighted by molar-refractivity contribution is 6.30. The second kappa shape index (κ2) is 9.89. The molecule has 29 heavy (non-hydrogen) atoms. The van der Waals surface area contributed by atoms with E-state index in [4.69, 9.17) is 16.3 Å². The molecule has 1 N–H and O–H groups in total. The van der Waals surface area contributed by atoms with Gasteiger partial charge in [-0.2, -0.15) is 0 Å². The van der Waals surface area contributed by atoms with E-state index in [0.29, 0.717) is 17.0 Å². The largest absolute Gasteiger partial charge is 0.452 e. The minimum Gasteiger partial charge on any atom is -0.452 e. The first kappa shape index (κ1) is 20.6. The molecule has 3 aromatic rings. The van der Waals surface area contributed by atoms with E-state index < -0.39 is 5.97 Å². The number of amides is 1. The fraction of sp³-hybridized carbons (Fsp3) is 0.167. The molecule has 148 valence electrons. The topological polar surface area (TPSA) is 55.4 Å². The average Bonchev–Trinajstić information content (AvgIpc) is 2.73. The van der Waals surface area contributed by atoms with E-state index in [0.717, 1.165) is 16.7 Å². The highest BCUT2D eigenvalue weighted by Crippen LogP contribution is 2.17. The molecule has 0 aliphatic heterocycles. The Morgan fingerprint density at radius 1 is 0.931 bits per heavy atom. The average molecular weight is 408 g/mol. The molecule has 0 saturated heterocycles. The molecule has 0 aliphatic rings. The zero-order chi connectivity index (χ0) is 20.6. The number of hydrogen-bond donors (Lipinski definition) is 1. The Kier molecular flexibility index (Phi) is 7.04. The van der Waals surface area contributed by atoms with Gasteiger partial charge in [0.05, 0.1) is 11.6 Å². The highest BCUT2D eigenvalue weighted by atomic mass is 35.5. The number of rotatable bonds is 7. The Labute approximate surface area is 175 Å². The van der Waals surface area contributed by atoms with Crippen molar-refractivity contribution in [3.63, 3.8) is 0 Å². The van der Waals surface area contributed by atoms with Crippen LogP contribution in [0.4, 0.5) is 0 Å². The van der Waals surface area contributed by atoms with Crippen molar-refractivity contribution in [2.24, 2.45) is 0 Å². The van der Waals surface area contributed by atoms with Crippen molar-refractivity contribution in [1.29, 1.82) is 0 Å². The number of carbonyl (C=O) groups is 2. The van der Waals surface area contributed by atoms with Crippen LogP contribution in [0, 0.1) is 0 Å². The maximum Gasteiger partial charge on any atom is 0.338 e. The predicted molar refractivity (Wildman–Crippen MR) is 114 cm³/mol. The number of hydrogen-bond acceptors (Lipinski definition) is 3. The minimum absolute atomic E-state index is 0.219. The lowest BCUT2D eigenvalue weighted by Gasteiger charge is -2.15. The summed E-state index contributed by atoms with van der Waals surface area (Å²) >= 11 is 5.88. The normalized spacial score (nSPS) is 11.5. The SMILES string of the molecule is C[C@@H](NC(=O)COC(=O)c1ccccc1Cc1ccccc1)c1ccc(Cl)cc1. The second-order valence-corrected chi connectivity index (χ2v) is 7.17. The number of carbonyl (C=O) groups excluding carboxylic acids is 2. The molecular formula is C24H22ClNO3. The molecule has 0 saturated carbocycles. The first-order valence-electron chi connectivity index (χ1n) is 9.36. The van der Waals surface area contributed by atoms with E-state index in [2.05, 4.69) is 5.32 Å². The molecule has 0 fully saturated rings. The van der Waals surface area contributed by atoms with Crippen molar-refractivity contribution in [2.75, 3.05) is 6.61 Å². The monoisotopic (exact) mass is 407 g/mol. The van der Waals surface area contributed by atoms with Gasteiger partial charge in [-0.1, -0.05) is 72.3 Å². The van der Waals surface area contributed by atoms with Gasteiger partial charge in [0, 0.05) is 5.02 Å². The van der Waals surface area contributed by atoms with Crippen LogP contribution in [0.5, 0.6) is 0 Å². The molecule has 0 bridgehead atoms. The Balaban J connectivity index is 1.58. The second-order valence-electron chi connectivity index (χ2n) is 6.74. The van der Waals surface area contributed by atoms with E-state index in [-0.39, 0.29) is 18.6 Å². The van der Waals surface area contributed by atoms with Gasteiger partial charge in [0.25, 0.3) is 5.91 Å². The van der Waals surface area contributed by atoms with E-state index in [9.17, 15) is 9.59 Å². The summed E-state index contributed by atoms with van der Waals surface area (Å²) in [4.78, 5) is 24.7. The maximum atomic E-state index is 12.5. The molecule has 0 spiro atoms. The molecule has 5 heteroatoms. The summed E-state index contributed by atoms with van der Waals surface area (Å²) in [6.45, 7) is 1.52. The van der Waals surface area contributed by atoms with Gasteiger partial charge in [-0.05, 0) is 48.2 Å². The first-order valence-corrected chi connectivity index (χ1v) is 9.74. The van der Waals surface area contributed by atoms with Crippen molar-refractivity contribution in [3.05, 3.63) is 106 Å². The van der Waals surface area contributed by atoms with Crippen molar-refractivity contribution in [2.45, 2.75) is 19.4 Å². The lowest BCUT2D eigenvalue weighted by molar-refractivity contribution is -0.124. The van der Waals surface area contributed by atoms with Crippen LogP contribution in [-0.4, -0.2) is 18.5 Å². The molecule has 0 radical (unpaired) electrons. The molecule has 4 nitrogen and oxygen atoms in total. The third kappa shape index (κ3) is 5.93. The van der Waals surface area contributed by atoms with Crippen molar-refractivity contribution < 1.29 is 14.3 Å². The lowest BCUT2D eigenvalue weighted by atomic mass is 10.00. The fourth-order valence-corrected chi connectivity index (χ4v) is 3.14. The Hall–Kier alpha value is -3.11. The van der Waals surface area contributed by atoms with E-state index in [1.165, 1.54) is 0 Å². The van der Waals surface area contributed by atoms with Crippen molar-refractivity contribution in [3.8, 4) is 0 Å². The molecule has 0 aliphatic carbocycles. The highest BCUT2D eigenvalue weighted by Gasteiger charge is 2.16. The predicted octanol–water partition coefficient (Wildman–Crippen LogP) is 4.97. The standard InChI is InChI=1S/C24H22ClNO3/c1-17(19-11-13-21(25)14-12-19)26-23(27)16-29-24(28)22-10-6-5-9-20(22)15-18-7-3-2-4-8-18/h2-14,17H,15-16H2,1H3,(H,26,27)/t17-/m1/s1. The van der Waals surface area contributed by atoms with Crippen molar-refractivity contribution >= 4 is 23.5 Å². The van der Waals surface area contributed by atoms with Crippen LogP contribution in [0.15, 0.2) is 78.9 Å². The number of ether oxygens (including phenoxy) is 1. The number of benzene rings is 3. The fourth-order valence-electron chi connectivity index (χ4n) is 3.02. The van der Waals surface area contributed by atoms with E-state index >= 15 is 0 Å². The number of nitrogens with one attached hydrogen (secondary N) is 1. The van der Waals surface area contributed by atoms with E-state index in [1.54, 1.807) is 24.3 Å². The third-order valence-electron chi connectivity index (χ3n) is 4.56. The quantitative estimate of drug-likeness (QED) is 0.563. The summed E-state index contributed by atoms with van der Waals surface area (Å²) in [6, 6.07) is 24.2. The Bertz CT molecular complexity index is 971. The van der Waals surface area contributed by atoms with Gasteiger partial charge < -0.3 is 10.1 Å². The molecule has 1 atom stereocenters. The van der Waals surface area contributed by atoms with Crippen LogP contribution in [0.1, 0.15) is 40.0 Å². The zero-order valence-electron chi connectivity index (χ0n) is 16.1. The van der Waals surface area contributed by atoms with Gasteiger partial charge in [0.2, 0.25) is 0 Å². The number of halogens is 1. The van der Waals surface area contributed by atoms with Gasteiger partial charge in [-0.25, -0.2) is 4.79 Å². The van der Waals surface area contributed by atoms with Gasteiger partial charge in [-0.3, -0.25) is 4.79 Å². The first-order chi connectivity index (χ1) is 14.0. The molecule has 3 aromatic carbocycles. The summed E-state index contributed by atoms with van der Waals surface area (Å²) in [5.41, 5.74) is 3.35. The molecule has 0 heterocycles. The number of esters is 1. The summed E-state index contributed by atoms with van der Waals surface area (Å²) in [5.74, 6) is -0.868. The van der Waals surface area contributed by atoms with Gasteiger partial charge >= 0.3 is 5.97 Å². The van der Waals surface area contributed by atoms with E-state index in [1.807, 2.05) is 61.5 Å². The zero-order valence-corrected chi connectivity index (χ0v) is 16.9. The van der Waals surface area contributed by atoms with Crippen molar-refractivity contribution in [1.82, 2.24) is 5.32 Å². The Morgan fingerprint density at radius 2 is 1.59 bits per heavy atom. The summed E-state index contributed by atoms with van der Waals surface area (Å²) < 4.78 is 5.25. The maximum absolute atomic E-state index is 12.5. The van der Waals surface area contributed by atoms with Gasteiger partial charge in [-0.15, -0.1) is 0 Å². The summed E-state index contributed by atoms with van der Waals surface area (Å²) in [6.07, 6.45) is 0.617. The summed E-state index contributed by atoms with van der Waals surface area (Å²) in [7, 11) is 0. The van der Waals surface area contributed by atoms with Crippen LogP contribution in [0.2, 0.25) is 5.02 Å². The van der Waals surface area contributed by atoms with Gasteiger partial charge in [0.1, 0.15) is 0 Å². The third-order valence-corrected chi connectivity index (χ3v) is 4.81. The van der Waals surface area contributed by atoms with Crippen LogP contribution in [-0.2, 0) is 16.0 Å². The molecular weight excluding hydrogens is 386 g/mol. The smallest absolute Gasteiger partial charge is 0.338 e. The molecule has 3 rings (SSSR count). The summed E-state index contributed by atoms with van der Waals surface area (Å²) in [5, 5.41) is 3.45.